The molecule has 154 valence electrons. The van der Waals surface area contributed by atoms with Crippen LogP contribution in [0.15, 0.2) is 36.4 Å². The van der Waals surface area contributed by atoms with E-state index in [0.717, 1.165) is 5.56 Å². The zero-order chi connectivity index (χ0) is 22.1. The van der Waals surface area contributed by atoms with Crippen molar-refractivity contribution in [2.45, 2.75) is 33.1 Å². The van der Waals surface area contributed by atoms with Gasteiger partial charge in [0, 0.05) is 11.8 Å². The van der Waals surface area contributed by atoms with Crippen LogP contribution in [0.5, 0.6) is 11.5 Å². The summed E-state index contributed by atoms with van der Waals surface area (Å²) in [6.07, 6.45) is 0. The van der Waals surface area contributed by atoms with Gasteiger partial charge in [0.25, 0.3) is 5.91 Å². The Hall–Kier alpha value is -3.29. The Balaban J connectivity index is 1.94. The van der Waals surface area contributed by atoms with Gasteiger partial charge in [0.1, 0.15) is 25.0 Å². The van der Waals surface area contributed by atoms with Gasteiger partial charge in [0.2, 0.25) is 0 Å². The smallest absolute Gasteiger partial charge is 0.278 e. The molecule has 0 saturated heterocycles. The standard InChI is InChI=1S/C22H25BN4O3/c1-13-20(21(28)24-16-10-14(22(2,3)4)9-15(23)11-16)25-26-27(13)18-12-17(29-5)7-8-19(18)30-6/h7-12H,1-6H3,(H,24,28). The summed E-state index contributed by atoms with van der Waals surface area (Å²) in [4.78, 5) is 12.9. The molecule has 1 aromatic heterocycles. The molecule has 0 spiro atoms. The summed E-state index contributed by atoms with van der Waals surface area (Å²) in [7, 11) is 9.18. The van der Waals surface area contributed by atoms with Crippen LogP contribution < -0.4 is 20.3 Å². The Bertz CT molecular complexity index is 1090. The van der Waals surface area contributed by atoms with Crippen LogP contribution in [-0.4, -0.2) is 43.0 Å². The van der Waals surface area contributed by atoms with Crippen LogP contribution >= 0.6 is 0 Å². The molecule has 8 heteroatoms. The molecule has 0 aliphatic carbocycles. The molecule has 0 saturated carbocycles. The van der Waals surface area contributed by atoms with E-state index in [9.17, 15) is 4.79 Å². The number of amides is 1. The predicted octanol–water partition coefficient (Wildman–Crippen LogP) is 2.94. The number of nitrogens with zero attached hydrogens (tertiary/aromatic N) is 3. The van der Waals surface area contributed by atoms with Crippen molar-refractivity contribution in [2.75, 3.05) is 19.5 Å². The molecule has 3 aromatic rings. The molecule has 2 radical (unpaired) electrons. The fourth-order valence-corrected chi connectivity index (χ4v) is 3.08. The Morgan fingerprint density at radius 1 is 1.10 bits per heavy atom. The van der Waals surface area contributed by atoms with Crippen molar-refractivity contribution in [3.8, 4) is 17.2 Å². The zero-order valence-electron chi connectivity index (χ0n) is 18.1. The van der Waals surface area contributed by atoms with Crippen LogP contribution in [0, 0.1) is 6.92 Å². The summed E-state index contributed by atoms with van der Waals surface area (Å²) in [5.74, 6) is 0.855. The van der Waals surface area contributed by atoms with Crippen molar-refractivity contribution in [2.24, 2.45) is 0 Å². The molecule has 2 aromatic carbocycles. The SMILES string of the molecule is [B]c1cc(NC(=O)c2nnn(-c3cc(OC)ccc3OC)c2C)cc(C(C)(C)C)c1. The summed E-state index contributed by atoms with van der Waals surface area (Å²) in [6.45, 7) is 8.04. The molecule has 1 amide bonds. The van der Waals surface area contributed by atoms with Gasteiger partial charge >= 0.3 is 0 Å². The number of rotatable bonds is 5. The van der Waals surface area contributed by atoms with Gasteiger partial charge in [-0.05, 0) is 42.2 Å². The first kappa shape index (κ1) is 21.4. The topological polar surface area (TPSA) is 78.3 Å². The third-order valence-electron chi connectivity index (χ3n) is 4.80. The summed E-state index contributed by atoms with van der Waals surface area (Å²) in [5, 5.41) is 11.1. The number of aromatic nitrogens is 3. The molecule has 30 heavy (non-hydrogen) atoms. The molecule has 1 N–H and O–H groups in total. The first-order valence-corrected chi connectivity index (χ1v) is 9.51. The summed E-state index contributed by atoms with van der Waals surface area (Å²) in [5.41, 5.74) is 3.52. The quantitative estimate of drug-likeness (QED) is 0.662. The van der Waals surface area contributed by atoms with Crippen molar-refractivity contribution in [1.82, 2.24) is 15.0 Å². The van der Waals surface area contributed by atoms with Crippen LogP contribution in [0.1, 0.15) is 42.5 Å². The second-order valence-corrected chi connectivity index (χ2v) is 8.02. The van der Waals surface area contributed by atoms with Gasteiger partial charge in [-0.25, -0.2) is 4.68 Å². The fraction of sp³-hybridized carbons (Fsp3) is 0.318. The highest BCUT2D eigenvalue weighted by atomic mass is 16.5. The minimum absolute atomic E-state index is 0.100. The van der Waals surface area contributed by atoms with Crippen molar-refractivity contribution in [3.05, 3.63) is 53.3 Å². The van der Waals surface area contributed by atoms with Gasteiger partial charge in [-0.2, -0.15) is 0 Å². The number of ether oxygens (including phenoxy) is 2. The molecule has 0 aliphatic heterocycles. The van der Waals surface area contributed by atoms with Gasteiger partial charge in [0.15, 0.2) is 5.69 Å². The number of anilines is 1. The number of nitrogens with one attached hydrogen (secondary N) is 1. The molecule has 0 unspecified atom stereocenters. The molecular formula is C22H25BN4O3. The van der Waals surface area contributed by atoms with E-state index in [4.69, 9.17) is 17.3 Å². The van der Waals surface area contributed by atoms with Crippen LogP contribution in [0.25, 0.3) is 5.69 Å². The number of benzene rings is 2. The first-order chi connectivity index (χ1) is 14.1. The average Bonchev–Trinajstić information content (AvgIpc) is 3.07. The number of carbonyl (C=O) groups is 1. The molecule has 3 rings (SSSR count). The maximum atomic E-state index is 12.9. The van der Waals surface area contributed by atoms with E-state index in [1.807, 2.05) is 12.1 Å². The molecule has 7 nitrogen and oxygen atoms in total. The van der Waals surface area contributed by atoms with Gasteiger partial charge in [-0.15, -0.1) is 5.10 Å². The highest BCUT2D eigenvalue weighted by molar-refractivity contribution is 6.32. The van der Waals surface area contributed by atoms with Crippen molar-refractivity contribution in [1.29, 1.82) is 0 Å². The van der Waals surface area contributed by atoms with Crippen molar-refractivity contribution < 1.29 is 14.3 Å². The van der Waals surface area contributed by atoms with E-state index in [0.29, 0.717) is 34.0 Å². The fourth-order valence-electron chi connectivity index (χ4n) is 3.08. The Morgan fingerprint density at radius 2 is 1.83 bits per heavy atom. The van der Waals surface area contributed by atoms with Crippen LogP contribution in [-0.2, 0) is 5.41 Å². The van der Waals surface area contributed by atoms with E-state index in [-0.39, 0.29) is 17.0 Å². The highest BCUT2D eigenvalue weighted by Gasteiger charge is 2.21. The molecule has 0 bridgehead atoms. The summed E-state index contributed by atoms with van der Waals surface area (Å²) >= 11 is 0. The zero-order valence-corrected chi connectivity index (χ0v) is 18.1. The maximum absolute atomic E-state index is 12.9. The summed E-state index contributed by atoms with van der Waals surface area (Å²) < 4.78 is 12.3. The lowest BCUT2D eigenvalue weighted by atomic mass is 9.82. The number of hydrogen-bond acceptors (Lipinski definition) is 5. The second-order valence-electron chi connectivity index (χ2n) is 8.02. The van der Waals surface area contributed by atoms with Crippen molar-refractivity contribution in [3.63, 3.8) is 0 Å². The van der Waals surface area contributed by atoms with Crippen LogP contribution in [0.2, 0.25) is 0 Å². The first-order valence-electron chi connectivity index (χ1n) is 9.51. The lowest BCUT2D eigenvalue weighted by Gasteiger charge is -2.21. The monoisotopic (exact) mass is 404 g/mol. The minimum atomic E-state index is -0.369. The van der Waals surface area contributed by atoms with Crippen LogP contribution in [0.3, 0.4) is 0 Å². The molecule has 1 heterocycles. The number of carbonyl (C=O) groups excluding carboxylic acids is 1. The lowest BCUT2D eigenvalue weighted by molar-refractivity contribution is 0.102. The number of hydrogen-bond donors (Lipinski definition) is 1. The van der Waals surface area contributed by atoms with E-state index in [1.165, 1.54) is 0 Å². The maximum Gasteiger partial charge on any atom is 0.278 e. The second kappa shape index (κ2) is 8.22. The molecular weight excluding hydrogens is 379 g/mol. The van der Waals surface area contributed by atoms with E-state index >= 15 is 0 Å². The van der Waals surface area contributed by atoms with E-state index in [1.54, 1.807) is 50.1 Å². The Kier molecular flexibility index (Phi) is 5.87. The van der Waals surface area contributed by atoms with Gasteiger partial charge in [-0.3, -0.25) is 4.79 Å². The third-order valence-corrected chi connectivity index (χ3v) is 4.80. The molecule has 0 aliphatic rings. The van der Waals surface area contributed by atoms with Gasteiger partial charge in [0.05, 0.1) is 19.9 Å². The number of methoxy groups -OCH3 is 2. The normalized spacial score (nSPS) is 11.3. The highest BCUT2D eigenvalue weighted by Crippen LogP contribution is 2.29. The average molecular weight is 404 g/mol. The Morgan fingerprint density at radius 3 is 2.47 bits per heavy atom. The van der Waals surface area contributed by atoms with E-state index < -0.39 is 0 Å². The largest absolute Gasteiger partial charge is 0.497 e. The van der Waals surface area contributed by atoms with Crippen molar-refractivity contribution >= 4 is 24.9 Å². The van der Waals surface area contributed by atoms with Gasteiger partial charge < -0.3 is 14.8 Å². The van der Waals surface area contributed by atoms with Crippen LogP contribution in [0.4, 0.5) is 5.69 Å². The summed E-state index contributed by atoms with van der Waals surface area (Å²) in [6, 6.07) is 10.9. The minimum Gasteiger partial charge on any atom is -0.497 e. The molecule has 0 fully saturated rings. The Labute approximate surface area is 177 Å². The third kappa shape index (κ3) is 4.32. The van der Waals surface area contributed by atoms with Gasteiger partial charge in [-0.1, -0.05) is 37.5 Å². The van der Waals surface area contributed by atoms with E-state index in [2.05, 4.69) is 36.4 Å². The lowest BCUT2D eigenvalue weighted by Crippen LogP contribution is -2.19. The predicted molar refractivity (Wildman–Crippen MR) is 118 cm³/mol. The molecule has 0 atom stereocenters.